The lowest BCUT2D eigenvalue weighted by atomic mass is 10.1. The Kier molecular flexibility index (Phi) is 6.90. The van der Waals surface area contributed by atoms with Crippen molar-refractivity contribution < 1.29 is 19.4 Å². The number of nitrogens with two attached hydrogens (primary N) is 1. The molecule has 1 aromatic rings. The van der Waals surface area contributed by atoms with Crippen molar-refractivity contribution in [3.05, 3.63) is 29.8 Å². The van der Waals surface area contributed by atoms with Crippen molar-refractivity contribution in [2.24, 2.45) is 10.7 Å². The number of carbonyl (C=O) groups is 1. The summed E-state index contributed by atoms with van der Waals surface area (Å²) < 4.78 is 10.5. The van der Waals surface area contributed by atoms with Gasteiger partial charge < -0.3 is 30.1 Å². The number of aliphatic imine (C=N–C) groups is 1. The number of aliphatic hydroxyl groups is 1. The van der Waals surface area contributed by atoms with Crippen molar-refractivity contribution >= 4 is 12.1 Å². The molecule has 1 aromatic carbocycles. The highest BCUT2D eigenvalue weighted by Crippen LogP contribution is 2.18. The molecular formula is C19H30N4O4. The Morgan fingerprint density at radius 1 is 1.19 bits per heavy atom. The second-order valence-electron chi connectivity index (χ2n) is 7.44. The van der Waals surface area contributed by atoms with Crippen LogP contribution in [0.15, 0.2) is 29.3 Å². The van der Waals surface area contributed by atoms with E-state index in [1.54, 1.807) is 36.3 Å². The minimum absolute atomic E-state index is 0.171. The van der Waals surface area contributed by atoms with E-state index in [1.165, 1.54) is 0 Å². The lowest BCUT2D eigenvalue weighted by molar-refractivity contribution is 0.0186. The van der Waals surface area contributed by atoms with Crippen LogP contribution in [0.2, 0.25) is 0 Å². The van der Waals surface area contributed by atoms with E-state index in [9.17, 15) is 9.90 Å². The van der Waals surface area contributed by atoms with Crippen LogP contribution in [0.1, 0.15) is 32.4 Å². The first-order valence-electron chi connectivity index (χ1n) is 9.04. The normalized spacial score (nSPS) is 16.9. The Hall–Kier alpha value is -2.48. The highest BCUT2D eigenvalue weighted by Gasteiger charge is 2.26. The van der Waals surface area contributed by atoms with Crippen molar-refractivity contribution in [3.8, 4) is 5.75 Å². The predicted molar refractivity (Wildman–Crippen MR) is 104 cm³/mol. The second-order valence-corrected chi connectivity index (χ2v) is 7.44. The molecule has 1 saturated heterocycles. The molecule has 1 unspecified atom stereocenters. The monoisotopic (exact) mass is 378 g/mol. The van der Waals surface area contributed by atoms with Gasteiger partial charge in [-0.25, -0.2) is 4.79 Å². The van der Waals surface area contributed by atoms with Crippen LogP contribution in [0, 0.1) is 0 Å². The van der Waals surface area contributed by atoms with Gasteiger partial charge in [0.2, 0.25) is 0 Å². The van der Waals surface area contributed by atoms with Gasteiger partial charge in [-0.05, 0) is 38.5 Å². The number of benzene rings is 1. The van der Waals surface area contributed by atoms with Gasteiger partial charge in [0.25, 0.3) is 0 Å². The van der Waals surface area contributed by atoms with Gasteiger partial charge in [0.1, 0.15) is 11.4 Å². The summed E-state index contributed by atoms with van der Waals surface area (Å²) in [6, 6.07) is 7.19. The molecule has 0 bridgehead atoms. The zero-order valence-corrected chi connectivity index (χ0v) is 16.5. The third-order valence-corrected chi connectivity index (χ3v) is 4.18. The Labute approximate surface area is 160 Å². The SMILES string of the molecule is COc1ccc(C(O)CN=C(N)N2CCN(C(=O)OC(C)(C)C)CC2)cc1. The molecular weight excluding hydrogens is 348 g/mol. The second kappa shape index (κ2) is 8.94. The summed E-state index contributed by atoms with van der Waals surface area (Å²) in [6.45, 7) is 7.91. The molecule has 0 spiro atoms. The molecule has 1 aliphatic heterocycles. The van der Waals surface area contributed by atoms with Crippen molar-refractivity contribution in [2.75, 3.05) is 39.8 Å². The lowest BCUT2D eigenvalue weighted by Gasteiger charge is -2.36. The number of nitrogens with zero attached hydrogens (tertiary/aromatic N) is 3. The van der Waals surface area contributed by atoms with Gasteiger partial charge >= 0.3 is 6.09 Å². The molecule has 2 rings (SSSR count). The molecule has 0 saturated carbocycles. The van der Waals surface area contributed by atoms with Gasteiger partial charge in [0, 0.05) is 26.2 Å². The molecule has 1 fully saturated rings. The molecule has 1 aliphatic rings. The van der Waals surface area contributed by atoms with Crippen LogP contribution in [0.3, 0.4) is 0 Å². The van der Waals surface area contributed by atoms with E-state index in [-0.39, 0.29) is 12.6 Å². The maximum atomic E-state index is 12.1. The maximum Gasteiger partial charge on any atom is 0.410 e. The highest BCUT2D eigenvalue weighted by atomic mass is 16.6. The minimum Gasteiger partial charge on any atom is -0.497 e. The summed E-state index contributed by atoms with van der Waals surface area (Å²) in [5.41, 5.74) is 6.30. The van der Waals surface area contributed by atoms with Crippen LogP contribution in [-0.2, 0) is 4.74 Å². The van der Waals surface area contributed by atoms with E-state index >= 15 is 0 Å². The van der Waals surface area contributed by atoms with Crippen molar-refractivity contribution in [1.82, 2.24) is 9.80 Å². The first-order valence-corrected chi connectivity index (χ1v) is 9.04. The Morgan fingerprint density at radius 3 is 2.26 bits per heavy atom. The first-order chi connectivity index (χ1) is 12.7. The number of piperazine rings is 1. The molecule has 8 nitrogen and oxygen atoms in total. The van der Waals surface area contributed by atoms with Gasteiger partial charge in [-0.1, -0.05) is 12.1 Å². The van der Waals surface area contributed by atoms with E-state index in [2.05, 4.69) is 4.99 Å². The van der Waals surface area contributed by atoms with Crippen LogP contribution >= 0.6 is 0 Å². The predicted octanol–water partition coefficient (Wildman–Crippen LogP) is 1.60. The standard InChI is InChI=1S/C19H30N4O4/c1-19(2,3)27-18(25)23-11-9-22(10-12-23)17(20)21-13-16(24)14-5-7-15(26-4)8-6-14/h5-8,16,24H,9-13H2,1-4H3,(H2,20,21). The third-order valence-electron chi connectivity index (χ3n) is 4.18. The molecule has 150 valence electrons. The molecule has 0 aliphatic carbocycles. The number of rotatable bonds is 4. The van der Waals surface area contributed by atoms with Gasteiger partial charge in [-0.2, -0.15) is 0 Å². The lowest BCUT2D eigenvalue weighted by Crippen LogP contribution is -2.53. The summed E-state index contributed by atoms with van der Waals surface area (Å²) in [5, 5.41) is 10.3. The maximum absolute atomic E-state index is 12.1. The van der Waals surface area contributed by atoms with Gasteiger partial charge in [0.05, 0.1) is 19.8 Å². The van der Waals surface area contributed by atoms with Crippen LogP contribution < -0.4 is 10.5 Å². The molecule has 1 heterocycles. The number of hydrogen-bond donors (Lipinski definition) is 2. The fraction of sp³-hybridized carbons (Fsp3) is 0.579. The van der Waals surface area contributed by atoms with Gasteiger partial charge in [0.15, 0.2) is 5.96 Å². The van der Waals surface area contributed by atoms with Gasteiger partial charge in [-0.3, -0.25) is 4.99 Å². The highest BCUT2D eigenvalue weighted by molar-refractivity contribution is 5.78. The van der Waals surface area contributed by atoms with Crippen LogP contribution in [0.5, 0.6) is 5.75 Å². The average molecular weight is 378 g/mol. The summed E-state index contributed by atoms with van der Waals surface area (Å²) in [7, 11) is 1.60. The van der Waals surface area contributed by atoms with E-state index < -0.39 is 11.7 Å². The summed E-state index contributed by atoms with van der Waals surface area (Å²) in [5.74, 6) is 1.10. The molecule has 27 heavy (non-hydrogen) atoms. The largest absolute Gasteiger partial charge is 0.497 e. The van der Waals surface area contributed by atoms with E-state index in [0.717, 1.165) is 11.3 Å². The molecule has 0 aromatic heterocycles. The van der Waals surface area contributed by atoms with Crippen molar-refractivity contribution in [2.45, 2.75) is 32.5 Å². The summed E-state index contributed by atoms with van der Waals surface area (Å²) in [4.78, 5) is 20.0. The van der Waals surface area contributed by atoms with E-state index in [1.807, 2.05) is 25.7 Å². The van der Waals surface area contributed by atoms with Gasteiger partial charge in [-0.15, -0.1) is 0 Å². The Balaban J connectivity index is 1.83. The zero-order valence-electron chi connectivity index (χ0n) is 16.5. The molecule has 8 heteroatoms. The van der Waals surface area contributed by atoms with Crippen LogP contribution in [-0.4, -0.2) is 72.4 Å². The van der Waals surface area contributed by atoms with Crippen molar-refractivity contribution in [3.63, 3.8) is 0 Å². The molecule has 0 radical (unpaired) electrons. The number of ether oxygens (including phenoxy) is 2. The van der Waals surface area contributed by atoms with Crippen LogP contribution in [0.4, 0.5) is 4.79 Å². The topological polar surface area (TPSA) is 101 Å². The van der Waals surface area contributed by atoms with E-state index in [0.29, 0.717) is 32.1 Å². The number of aliphatic hydroxyl groups excluding tert-OH is 1. The Morgan fingerprint density at radius 2 is 1.74 bits per heavy atom. The third kappa shape index (κ3) is 6.32. The number of guanidine groups is 1. The number of hydrogen-bond acceptors (Lipinski definition) is 5. The molecule has 1 atom stereocenters. The Bertz CT molecular complexity index is 647. The van der Waals surface area contributed by atoms with Crippen LogP contribution in [0.25, 0.3) is 0 Å². The van der Waals surface area contributed by atoms with E-state index in [4.69, 9.17) is 15.2 Å². The number of carbonyl (C=O) groups excluding carboxylic acids is 1. The zero-order chi connectivity index (χ0) is 20.0. The first kappa shape index (κ1) is 20.8. The molecule has 3 N–H and O–H groups in total. The average Bonchev–Trinajstić information content (AvgIpc) is 2.64. The molecule has 1 amide bonds. The fourth-order valence-electron chi connectivity index (χ4n) is 2.66. The number of methoxy groups -OCH3 is 1. The summed E-state index contributed by atoms with van der Waals surface area (Å²) >= 11 is 0. The minimum atomic E-state index is -0.738. The quantitative estimate of drug-likeness (QED) is 0.610. The fourth-order valence-corrected chi connectivity index (χ4v) is 2.66. The summed E-state index contributed by atoms with van der Waals surface area (Å²) in [6.07, 6.45) is -1.05. The smallest absolute Gasteiger partial charge is 0.410 e. The number of amides is 1. The van der Waals surface area contributed by atoms with Crippen molar-refractivity contribution in [1.29, 1.82) is 0 Å².